The van der Waals surface area contributed by atoms with Gasteiger partial charge in [0.2, 0.25) is 0 Å². The zero-order chi connectivity index (χ0) is 89.1. The van der Waals surface area contributed by atoms with Crippen molar-refractivity contribution in [1.82, 2.24) is 0 Å². The number of ether oxygens (including phenoxy) is 5. The Kier molecular flexibility index (Phi) is 65.6. The fourth-order valence-electron chi connectivity index (χ4n) is 21.2. The molecule has 18 atom stereocenters. The van der Waals surface area contributed by atoms with E-state index >= 15 is 0 Å². The van der Waals surface area contributed by atoms with Gasteiger partial charge in [0.1, 0.15) is 11.7 Å². The Morgan fingerprint density at radius 3 is 0.942 bits per heavy atom. The van der Waals surface area contributed by atoms with Gasteiger partial charge in [-0.2, -0.15) is 0 Å². The third-order valence-corrected chi connectivity index (χ3v) is 30.2. The predicted octanol–water partition coefficient (Wildman–Crippen LogP) is 35.4. The van der Waals surface area contributed by atoms with Crippen LogP contribution in [0.4, 0.5) is 0 Å². The van der Waals surface area contributed by atoms with Gasteiger partial charge >= 0.3 is 5.97 Å². The van der Waals surface area contributed by atoms with Crippen LogP contribution in [0.25, 0.3) is 0 Å². The normalized spacial score (nSPS) is 21.8. The second kappa shape index (κ2) is 68.3. The van der Waals surface area contributed by atoms with Gasteiger partial charge in [-0.1, -0.05) is 471 Å². The first-order chi connectivity index (χ1) is 57.0. The molecule has 120 heavy (non-hydrogen) atoms. The van der Waals surface area contributed by atoms with Crippen LogP contribution in [0.1, 0.15) is 577 Å². The van der Waals surface area contributed by atoms with E-state index in [0.717, 1.165) is 156 Å². The van der Waals surface area contributed by atoms with Crippen molar-refractivity contribution in [3.05, 3.63) is 0 Å². The summed E-state index contributed by atoms with van der Waals surface area (Å²) in [7, 11) is 0. The highest BCUT2D eigenvalue weighted by molar-refractivity contribution is 5.66. The van der Waals surface area contributed by atoms with E-state index in [9.17, 15) is 15.0 Å². The lowest BCUT2D eigenvalue weighted by molar-refractivity contribution is -0.290. The summed E-state index contributed by atoms with van der Waals surface area (Å²) in [5.41, 5.74) is -4.23. The van der Waals surface area contributed by atoms with Crippen LogP contribution in [-0.4, -0.2) is 81.3 Å². The SMILES string of the molecule is CCCCCCCCCCCCCCCCCCCCCCCCCCC(OC(C)=O)C(C)(O)CO[C@@H]1CC[C@@H](C(C)(CCC[C@H](C)CCC[C@H](C)CCCC(C)C)OC(C)(CCC[C@H](C)CCC[C@H](C)CCCC(C)C)[C@H]2CC[C@H](C(C)(O)CCC[C@H](C)CCC[C@H](C)CCCC(C)C)O2)O[C@@]1(C)CCC[C@H](C)CCC[C@H](C)CCCC(C)C. The molecule has 0 aromatic carbocycles. The van der Waals surface area contributed by atoms with Crippen LogP contribution >= 0.6 is 0 Å². The molecule has 2 saturated heterocycles. The van der Waals surface area contributed by atoms with Gasteiger partial charge in [-0.3, -0.25) is 4.79 Å². The monoisotopic (exact) mass is 1690 g/mol. The highest BCUT2D eigenvalue weighted by atomic mass is 16.6. The standard InChI is InChI=1S/C112H220O8/c1-24-25-26-27-28-29-30-31-32-33-34-35-36-37-38-39-40-41-42-43-44-45-46-47-80-103(117-102(18)113)109(20,115)89-116-105-82-84-107(119-110(105,21)86-57-77-99(15)73-53-69-95(11)65-49-61-91(4)5)112(23,88-59-79-101(17)75-55-71-97(13)67-51-63-93(8)9)120-111(22,87-58-78-100(16)74-54-70-96(12)66-50-62-92(6)7)106-83-81-104(118-106)108(19,114)85-56-76-98(14)72-52-68-94(10)64-48-60-90(2)3/h90-101,103-107,114-115H,24-89H2,1-23H3/t94-,95-,96-,97-,98-,99-,100-,101-,103?,104-,105-,106-,107+,108?,109?,110+,111?,112?/m1/s1. The van der Waals surface area contributed by atoms with Crippen molar-refractivity contribution in [2.75, 3.05) is 6.61 Å². The van der Waals surface area contributed by atoms with Crippen LogP contribution in [0.3, 0.4) is 0 Å². The minimum absolute atomic E-state index is 0.0711. The quantitative estimate of drug-likeness (QED) is 0.0459. The van der Waals surface area contributed by atoms with Crippen LogP contribution in [-0.2, 0) is 28.5 Å². The van der Waals surface area contributed by atoms with E-state index < -0.39 is 34.1 Å². The van der Waals surface area contributed by atoms with Crippen molar-refractivity contribution < 1.29 is 38.7 Å². The molecule has 716 valence electrons. The zero-order valence-corrected chi connectivity index (χ0v) is 85.8. The highest BCUT2D eigenvalue weighted by Gasteiger charge is 2.54. The molecule has 0 bridgehead atoms. The Balaban J connectivity index is 2.48. The van der Waals surface area contributed by atoms with Gasteiger partial charge in [0.25, 0.3) is 0 Å². The number of hydrogen-bond donors (Lipinski definition) is 2. The summed E-state index contributed by atoms with van der Waals surface area (Å²) in [4.78, 5) is 13.0. The van der Waals surface area contributed by atoms with Crippen LogP contribution < -0.4 is 0 Å². The average Bonchev–Trinajstić information content (AvgIpc) is 1.19. The predicted molar refractivity (Wildman–Crippen MR) is 525 cm³/mol. The molecule has 2 aliphatic rings. The van der Waals surface area contributed by atoms with Crippen molar-refractivity contribution in [1.29, 1.82) is 0 Å². The molecule has 2 fully saturated rings. The van der Waals surface area contributed by atoms with Gasteiger partial charge in [0.15, 0.2) is 0 Å². The van der Waals surface area contributed by atoms with Crippen molar-refractivity contribution in [3.8, 4) is 0 Å². The largest absolute Gasteiger partial charge is 0.459 e. The third kappa shape index (κ3) is 57.3. The molecule has 2 N–H and O–H groups in total. The maximum absolute atomic E-state index is 13.0. The first-order valence-corrected chi connectivity index (χ1v) is 54.3. The Bertz CT molecular complexity index is 2330. The molecule has 0 amide bonds. The number of carbonyl (C=O) groups excluding carboxylic acids is 1. The van der Waals surface area contributed by atoms with Gasteiger partial charge < -0.3 is 33.9 Å². The van der Waals surface area contributed by atoms with Gasteiger partial charge in [-0.15, -0.1) is 0 Å². The lowest BCUT2D eigenvalue weighted by Gasteiger charge is -2.53. The molecule has 0 saturated carbocycles. The summed E-state index contributed by atoms with van der Waals surface area (Å²) in [5.74, 6) is 8.44. The molecule has 0 radical (unpaired) electrons. The number of aliphatic hydroxyl groups is 2. The summed E-state index contributed by atoms with van der Waals surface area (Å²) >= 11 is 0. The maximum Gasteiger partial charge on any atom is 0.303 e. The number of rotatable bonds is 83. The first-order valence-electron chi connectivity index (χ1n) is 54.3. The third-order valence-electron chi connectivity index (χ3n) is 30.2. The number of hydrogen-bond acceptors (Lipinski definition) is 8. The summed E-state index contributed by atoms with van der Waals surface area (Å²) < 4.78 is 37.2. The molecule has 0 aliphatic carbocycles. The van der Waals surface area contributed by atoms with Crippen molar-refractivity contribution >= 4 is 5.97 Å². The van der Waals surface area contributed by atoms with Crippen molar-refractivity contribution in [3.63, 3.8) is 0 Å². The molecule has 5 unspecified atom stereocenters. The second-order valence-corrected chi connectivity index (χ2v) is 45.9. The molecule has 2 aliphatic heterocycles. The Morgan fingerprint density at radius 1 is 0.342 bits per heavy atom. The van der Waals surface area contributed by atoms with Crippen LogP contribution in [0.15, 0.2) is 0 Å². The molecule has 0 aromatic heterocycles. The molecular formula is C112H220O8. The number of unbranched alkanes of at least 4 members (excludes halogenated alkanes) is 23. The molecule has 8 heteroatoms. The number of esters is 1. The van der Waals surface area contributed by atoms with Crippen molar-refractivity contribution in [2.24, 2.45) is 71.0 Å². The highest BCUT2D eigenvalue weighted by Crippen LogP contribution is 2.48. The lowest BCUT2D eigenvalue weighted by atomic mass is 9.78. The smallest absolute Gasteiger partial charge is 0.303 e. The summed E-state index contributed by atoms with van der Waals surface area (Å²) in [5, 5.41) is 25.3. The maximum atomic E-state index is 13.0. The Morgan fingerprint density at radius 2 is 0.617 bits per heavy atom. The van der Waals surface area contributed by atoms with E-state index in [1.54, 1.807) is 0 Å². The first kappa shape index (κ1) is 115. The minimum atomic E-state index is -1.38. The molecule has 2 rings (SSSR count). The van der Waals surface area contributed by atoms with E-state index in [1.807, 2.05) is 6.92 Å². The second-order valence-electron chi connectivity index (χ2n) is 45.9. The van der Waals surface area contributed by atoms with E-state index in [1.165, 1.54) is 309 Å². The molecule has 0 spiro atoms. The number of carbonyl (C=O) groups is 1. The van der Waals surface area contributed by atoms with Gasteiger partial charge in [-0.05, 0) is 170 Å². The Hall–Kier alpha value is -0.770. The van der Waals surface area contributed by atoms with Crippen LogP contribution in [0.5, 0.6) is 0 Å². The van der Waals surface area contributed by atoms with Gasteiger partial charge in [0, 0.05) is 6.92 Å². The van der Waals surface area contributed by atoms with E-state index in [0.29, 0.717) is 30.1 Å². The zero-order valence-electron chi connectivity index (χ0n) is 85.8. The van der Waals surface area contributed by atoms with E-state index in [2.05, 4.69) is 145 Å². The fraction of sp³-hybridized carbons (Fsp3) is 0.991. The van der Waals surface area contributed by atoms with Crippen LogP contribution in [0, 0.1) is 71.0 Å². The molecular weight excluding hydrogens is 1470 g/mol. The van der Waals surface area contributed by atoms with Crippen molar-refractivity contribution in [2.45, 2.75) is 635 Å². The summed E-state index contributed by atoms with van der Waals surface area (Å²) in [6.45, 7) is 53.7. The van der Waals surface area contributed by atoms with E-state index in [-0.39, 0.29) is 37.0 Å². The van der Waals surface area contributed by atoms with Gasteiger partial charge in [0.05, 0.1) is 53.4 Å². The van der Waals surface area contributed by atoms with Gasteiger partial charge in [-0.25, -0.2) is 0 Å². The molecule has 0 aromatic rings. The molecule has 2 heterocycles. The van der Waals surface area contributed by atoms with E-state index in [4.69, 9.17) is 23.7 Å². The topological polar surface area (TPSA) is 104 Å². The van der Waals surface area contributed by atoms with Crippen LogP contribution in [0.2, 0.25) is 0 Å². The lowest BCUT2D eigenvalue weighted by Crippen LogP contribution is -2.60. The fourth-order valence-corrected chi connectivity index (χ4v) is 21.2. The average molecular weight is 1690 g/mol. The summed E-state index contributed by atoms with van der Waals surface area (Å²) in [6.07, 6.45) is 78.7. The summed E-state index contributed by atoms with van der Waals surface area (Å²) in [6, 6.07) is 0. The minimum Gasteiger partial charge on any atom is -0.459 e. The molecule has 8 nitrogen and oxygen atoms in total. The Labute approximate surface area is 753 Å².